The summed E-state index contributed by atoms with van der Waals surface area (Å²) in [5.74, 6) is 0.385. The molecule has 1 aromatic carbocycles. The van der Waals surface area contributed by atoms with E-state index in [0.717, 1.165) is 17.7 Å². The highest BCUT2D eigenvalue weighted by Crippen LogP contribution is 2.33. The molecule has 1 aromatic rings. The number of rotatable bonds is 17. The molecule has 1 fully saturated rings. The van der Waals surface area contributed by atoms with Gasteiger partial charge in [0.05, 0.1) is 0 Å². The number of Topliss-reactive ketones (excluding diaryl/α,β-unsaturated/α-hetero) is 1. The number of carbonyl (C=O) groups excluding carboxylic acids is 2. The van der Waals surface area contributed by atoms with Gasteiger partial charge in [-0.25, -0.2) is 0 Å². The SMILES string of the molecule is CCCCCCCCCCCCCCCCSC1C(=O)OC(c2ccccc2)C1=O. The van der Waals surface area contributed by atoms with Crippen molar-refractivity contribution in [1.29, 1.82) is 0 Å². The minimum Gasteiger partial charge on any atom is -0.448 e. The van der Waals surface area contributed by atoms with Gasteiger partial charge in [-0.3, -0.25) is 9.59 Å². The first-order valence-corrected chi connectivity index (χ1v) is 13.2. The van der Waals surface area contributed by atoms with E-state index in [4.69, 9.17) is 4.74 Å². The molecule has 2 unspecified atom stereocenters. The van der Waals surface area contributed by atoms with Crippen molar-refractivity contribution in [1.82, 2.24) is 0 Å². The topological polar surface area (TPSA) is 43.4 Å². The van der Waals surface area contributed by atoms with E-state index in [1.807, 2.05) is 30.3 Å². The smallest absolute Gasteiger partial charge is 0.327 e. The molecule has 2 rings (SSSR count). The van der Waals surface area contributed by atoms with Crippen LogP contribution in [0.1, 0.15) is 108 Å². The molecule has 1 saturated heterocycles. The van der Waals surface area contributed by atoms with Crippen LogP contribution in [0.15, 0.2) is 30.3 Å². The number of ether oxygens (including phenoxy) is 1. The number of benzene rings is 1. The number of hydrogen-bond acceptors (Lipinski definition) is 4. The molecule has 4 heteroatoms. The van der Waals surface area contributed by atoms with Gasteiger partial charge in [-0.2, -0.15) is 0 Å². The molecule has 2 atom stereocenters. The largest absolute Gasteiger partial charge is 0.448 e. The summed E-state index contributed by atoms with van der Waals surface area (Å²) in [6.45, 7) is 2.27. The van der Waals surface area contributed by atoms with Crippen LogP contribution in [0.25, 0.3) is 0 Å². The first-order chi connectivity index (χ1) is 14.7. The molecule has 0 spiro atoms. The predicted molar refractivity (Wildman–Crippen MR) is 127 cm³/mol. The lowest BCUT2D eigenvalue weighted by Gasteiger charge is -2.07. The molecule has 30 heavy (non-hydrogen) atoms. The lowest BCUT2D eigenvalue weighted by atomic mass is 10.0. The Morgan fingerprint density at radius 1 is 0.733 bits per heavy atom. The Hall–Kier alpha value is -1.29. The first kappa shape index (κ1) is 25.0. The second-order valence-corrected chi connectivity index (χ2v) is 9.69. The molecule has 168 valence electrons. The Morgan fingerprint density at radius 2 is 1.23 bits per heavy atom. The van der Waals surface area contributed by atoms with E-state index in [1.54, 1.807) is 0 Å². The van der Waals surface area contributed by atoms with Crippen molar-refractivity contribution in [2.24, 2.45) is 0 Å². The van der Waals surface area contributed by atoms with Crippen molar-refractivity contribution in [3.63, 3.8) is 0 Å². The normalized spacial score (nSPS) is 18.7. The number of unbranched alkanes of at least 4 members (excludes halogenated alkanes) is 13. The number of cyclic esters (lactones) is 1. The highest BCUT2D eigenvalue weighted by molar-refractivity contribution is 8.01. The maximum absolute atomic E-state index is 12.5. The highest BCUT2D eigenvalue weighted by atomic mass is 32.2. The number of esters is 1. The molecule has 1 aliphatic rings. The molecule has 0 radical (unpaired) electrons. The number of ketones is 1. The van der Waals surface area contributed by atoms with E-state index in [1.165, 1.54) is 95.2 Å². The van der Waals surface area contributed by atoms with Crippen LogP contribution in [0, 0.1) is 0 Å². The molecule has 3 nitrogen and oxygen atoms in total. The van der Waals surface area contributed by atoms with Crippen molar-refractivity contribution in [3.8, 4) is 0 Å². The van der Waals surface area contributed by atoms with Crippen molar-refractivity contribution in [2.45, 2.75) is 108 Å². The zero-order valence-electron chi connectivity index (χ0n) is 18.8. The second kappa shape index (κ2) is 15.5. The van der Waals surface area contributed by atoms with Crippen LogP contribution in [0.3, 0.4) is 0 Å². The summed E-state index contributed by atoms with van der Waals surface area (Å²) >= 11 is 1.46. The van der Waals surface area contributed by atoms with E-state index in [-0.39, 0.29) is 11.8 Å². The zero-order chi connectivity index (χ0) is 21.4. The minimum absolute atomic E-state index is 0.0958. The fourth-order valence-corrected chi connectivity index (χ4v) is 5.08. The Bertz CT molecular complexity index is 602. The summed E-state index contributed by atoms with van der Waals surface area (Å²) in [4.78, 5) is 24.6. The predicted octanol–water partition coefficient (Wildman–Crippen LogP) is 7.44. The third-order valence-electron chi connectivity index (χ3n) is 5.85. The monoisotopic (exact) mass is 432 g/mol. The summed E-state index contributed by atoms with van der Waals surface area (Å²) in [7, 11) is 0. The minimum atomic E-state index is -0.715. The molecule has 0 saturated carbocycles. The van der Waals surface area contributed by atoms with Crippen LogP contribution in [0.2, 0.25) is 0 Å². The van der Waals surface area contributed by atoms with Gasteiger partial charge < -0.3 is 4.74 Å². The standard InChI is InChI=1S/C26H40O3S/c1-2-3-4-5-6-7-8-9-10-11-12-13-14-18-21-30-25-23(27)24(29-26(25)28)22-19-16-15-17-20-22/h15-17,19-20,24-25H,2-14,18,21H2,1H3. The van der Waals surface area contributed by atoms with Crippen LogP contribution in [-0.2, 0) is 14.3 Å². The molecular formula is C26H40O3S. The molecule has 1 heterocycles. The molecule has 0 aliphatic carbocycles. The van der Waals surface area contributed by atoms with Gasteiger partial charge in [0, 0.05) is 5.56 Å². The molecule has 1 aliphatic heterocycles. The van der Waals surface area contributed by atoms with Crippen molar-refractivity contribution >= 4 is 23.5 Å². The molecular weight excluding hydrogens is 392 g/mol. The Balaban J connectivity index is 1.43. The van der Waals surface area contributed by atoms with Crippen LogP contribution in [-0.4, -0.2) is 22.8 Å². The fraction of sp³-hybridized carbons (Fsp3) is 0.692. The summed E-state index contributed by atoms with van der Waals surface area (Å²) in [6.07, 6.45) is 18.0. The van der Waals surface area contributed by atoms with Crippen LogP contribution < -0.4 is 0 Å². The van der Waals surface area contributed by atoms with Crippen LogP contribution in [0.4, 0.5) is 0 Å². The molecule has 0 N–H and O–H groups in total. The lowest BCUT2D eigenvalue weighted by molar-refractivity contribution is -0.142. The number of carbonyl (C=O) groups is 2. The summed E-state index contributed by atoms with van der Waals surface area (Å²) in [5, 5.41) is -0.642. The highest BCUT2D eigenvalue weighted by Gasteiger charge is 2.44. The summed E-state index contributed by atoms with van der Waals surface area (Å²) in [5.41, 5.74) is 0.774. The Kier molecular flexibility index (Phi) is 12.9. The Morgan fingerprint density at radius 3 is 1.77 bits per heavy atom. The molecule has 0 bridgehead atoms. The number of thioether (sulfide) groups is 1. The maximum Gasteiger partial charge on any atom is 0.327 e. The summed E-state index contributed by atoms with van der Waals surface area (Å²) < 4.78 is 5.34. The van der Waals surface area contributed by atoms with Gasteiger partial charge in [-0.05, 0) is 12.2 Å². The van der Waals surface area contributed by atoms with E-state index < -0.39 is 11.4 Å². The van der Waals surface area contributed by atoms with Gasteiger partial charge in [0.15, 0.2) is 11.4 Å². The molecule has 0 aromatic heterocycles. The third-order valence-corrected chi connectivity index (χ3v) is 7.13. The molecule has 0 amide bonds. The van der Waals surface area contributed by atoms with E-state index in [0.29, 0.717) is 0 Å². The summed E-state index contributed by atoms with van der Waals surface area (Å²) in [6, 6.07) is 9.32. The zero-order valence-corrected chi connectivity index (χ0v) is 19.6. The number of hydrogen-bond donors (Lipinski definition) is 0. The van der Waals surface area contributed by atoms with Gasteiger partial charge in [0.2, 0.25) is 5.78 Å². The fourth-order valence-electron chi connectivity index (χ4n) is 4.00. The van der Waals surface area contributed by atoms with Crippen LogP contribution >= 0.6 is 11.8 Å². The van der Waals surface area contributed by atoms with Gasteiger partial charge in [-0.15, -0.1) is 11.8 Å². The average Bonchev–Trinajstić information content (AvgIpc) is 3.05. The van der Waals surface area contributed by atoms with Crippen LogP contribution in [0.5, 0.6) is 0 Å². The average molecular weight is 433 g/mol. The van der Waals surface area contributed by atoms with Crippen molar-refractivity contribution in [3.05, 3.63) is 35.9 Å². The van der Waals surface area contributed by atoms with Crippen molar-refractivity contribution in [2.75, 3.05) is 5.75 Å². The van der Waals surface area contributed by atoms with Gasteiger partial charge >= 0.3 is 5.97 Å². The Labute approximate surface area is 187 Å². The first-order valence-electron chi connectivity index (χ1n) is 12.1. The lowest BCUT2D eigenvalue weighted by Crippen LogP contribution is -2.19. The maximum atomic E-state index is 12.5. The quantitative estimate of drug-likeness (QED) is 0.146. The second-order valence-electron chi connectivity index (χ2n) is 8.48. The van der Waals surface area contributed by atoms with Gasteiger partial charge in [0.25, 0.3) is 0 Å². The van der Waals surface area contributed by atoms with E-state index in [2.05, 4.69) is 6.92 Å². The van der Waals surface area contributed by atoms with Crippen molar-refractivity contribution < 1.29 is 14.3 Å². The van der Waals surface area contributed by atoms with E-state index in [9.17, 15) is 9.59 Å². The van der Waals surface area contributed by atoms with Gasteiger partial charge in [-0.1, -0.05) is 121 Å². The van der Waals surface area contributed by atoms with E-state index >= 15 is 0 Å². The third kappa shape index (κ3) is 9.24. The van der Waals surface area contributed by atoms with Gasteiger partial charge in [0.1, 0.15) is 0 Å².